The highest BCUT2D eigenvalue weighted by Gasteiger charge is 2.34. The van der Waals surface area contributed by atoms with Gasteiger partial charge < -0.3 is 14.6 Å². The number of aliphatic hydroxyl groups is 1. The fraction of sp³-hybridized carbons (Fsp3) is 0.500. The maximum Gasteiger partial charge on any atom is 0.416 e. The van der Waals surface area contributed by atoms with E-state index in [4.69, 9.17) is 0 Å². The summed E-state index contributed by atoms with van der Waals surface area (Å²) >= 11 is 0. The van der Waals surface area contributed by atoms with Gasteiger partial charge in [0.25, 0.3) is 0 Å². The lowest BCUT2D eigenvalue weighted by Crippen LogP contribution is -2.46. The summed E-state index contributed by atoms with van der Waals surface area (Å²) in [6, 6.07) is 5.12. The molecule has 0 radical (unpaired) electrons. The number of benzene rings is 1. The zero-order valence-electron chi connectivity index (χ0n) is 20.5. The lowest BCUT2D eigenvalue weighted by molar-refractivity contribution is -0.137. The van der Waals surface area contributed by atoms with Crippen LogP contribution in [0.2, 0.25) is 0 Å². The molecule has 5 rings (SSSR count). The summed E-state index contributed by atoms with van der Waals surface area (Å²) < 4.78 is 55.9. The van der Waals surface area contributed by atoms with Crippen LogP contribution in [0.3, 0.4) is 0 Å². The normalized spacial score (nSPS) is 20.9. The van der Waals surface area contributed by atoms with E-state index in [1.54, 1.807) is 4.57 Å². The number of aliphatic hydroxyl groups excluding tert-OH is 1. The third-order valence-corrected chi connectivity index (χ3v) is 7.16. The second-order valence-electron chi connectivity index (χ2n) is 10.1. The standard InChI is InChI=1S/C26H29F4N5O2/c1-16(36)10-33-9-8-18(22(37)14-33)12-34-13-21(27)23-24(34)31-15-32-25(23)35(20-6-7-20)11-17-2-4-19(5-3-17)26(28,29)30/h2-5,13,15,18,20,22,37H,6-12,14H2,1H3/t18?,22-/m0/s1. The number of halogens is 4. The van der Waals surface area contributed by atoms with Gasteiger partial charge in [-0.2, -0.15) is 13.2 Å². The minimum atomic E-state index is -4.41. The van der Waals surface area contributed by atoms with Crippen LogP contribution in [-0.2, 0) is 24.1 Å². The molecule has 1 N–H and O–H groups in total. The molecule has 1 unspecified atom stereocenters. The van der Waals surface area contributed by atoms with Crippen molar-refractivity contribution >= 4 is 22.6 Å². The number of Topliss-reactive ketones (excluding diaryl/α,β-unsaturated/α-hetero) is 1. The number of β-amino-alcohol motifs (C(OH)–C–C–N with tert-alkyl or cyclic N) is 1. The van der Waals surface area contributed by atoms with Crippen LogP contribution in [0.4, 0.5) is 23.4 Å². The summed E-state index contributed by atoms with van der Waals surface area (Å²) in [5, 5.41) is 10.9. The number of piperidine rings is 1. The number of hydrogen-bond donors (Lipinski definition) is 1. The highest BCUT2D eigenvalue weighted by Crippen LogP contribution is 2.37. The molecule has 3 heterocycles. The van der Waals surface area contributed by atoms with Gasteiger partial charge in [0.2, 0.25) is 0 Å². The van der Waals surface area contributed by atoms with E-state index in [0.29, 0.717) is 56.2 Å². The smallest absolute Gasteiger partial charge is 0.391 e. The van der Waals surface area contributed by atoms with E-state index in [-0.39, 0.29) is 23.1 Å². The van der Waals surface area contributed by atoms with E-state index in [0.717, 1.165) is 25.0 Å². The molecule has 0 amide bonds. The van der Waals surface area contributed by atoms with E-state index in [1.807, 2.05) is 9.80 Å². The Labute approximate surface area is 211 Å². The molecular weight excluding hydrogens is 490 g/mol. The highest BCUT2D eigenvalue weighted by molar-refractivity contribution is 5.89. The zero-order valence-corrected chi connectivity index (χ0v) is 20.5. The Morgan fingerprint density at radius 3 is 2.51 bits per heavy atom. The number of ketones is 1. The summed E-state index contributed by atoms with van der Waals surface area (Å²) in [5.74, 6) is -0.138. The van der Waals surface area contributed by atoms with Crippen LogP contribution in [0.25, 0.3) is 11.0 Å². The van der Waals surface area contributed by atoms with Gasteiger partial charge in [0.15, 0.2) is 5.82 Å². The lowest BCUT2D eigenvalue weighted by Gasteiger charge is -2.35. The molecule has 1 saturated heterocycles. The Bertz CT molecular complexity index is 1270. The van der Waals surface area contributed by atoms with Crippen molar-refractivity contribution in [3.05, 3.63) is 53.7 Å². The van der Waals surface area contributed by atoms with Crippen LogP contribution in [0.15, 0.2) is 36.8 Å². The summed E-state index contributed by atoms with van der Waals surface area (Å²) in [7, 11) is 0. The van der Waals surface area contributed by atoms with Crippen molar-refractivity contribution in [2.45, 2.75) is 57.6 Å². The summed E-state index contributed by atoms with van der Waals surface area (Å²) in [5.41, 5.74) is 0.377. The van der Waals surface area contributed by atoms with Gasteiger partial charge in [-0.25, -0.2) is 14.4 Å². The molecule has 2 aromatic heterocycles. The SMILES string of the molecule is CC(=O)CN1CCC(Cn2cc(F)c3c(N(Cc4ccc(C(F)(F)F)cc4)C4CC4)ncnc32)[C@@H](O)C1. The van der Waals surface area contributed by atoms with E-state index in [1.165, 1.54) is 31.6 Å². The van der Waals surface area contributed by atoms with Crippen molar-refractivity contribution in [3.63, 3.8) is 0 Å². The molecule has 1 aromatic carbocycles. The Morgan fingerprint density at radius 2 is 1.89 bits per heavy atom. The second-order valence-corrected chi connectivity index (χ2v) is 10.1. The largest absolute Gasteiger partial charge is 0.416 e. The predicted octanol–water partition coefficient (Wildman–Crippen LogP) is 4.03. The van der Waals surface area contributed by atoms with E-state index >= 15 is 4.39 Å². The summed E-state index contributed by atoms with van der Waals surface area (Å²) in [4.78, 5) is 24.0. The maximum atomic E-state index is 15.3. The minimum absolute atomic E-state index is 0.0462. The number of nitrogens with zero attached hydrogens (tertiary/aromatic N) is 5. The predicted molar refractivity (Wildman–Crippen MR) is 129 cm³/mol. The monoisotopic (exact) mass is 519 g/mol. The first-order valence-corrected chi connectivity index (χ1v) is 12.4. The van der Waals surface area contributed by atoms with E-state index < -0.39 is 23.7 Å². The fourth-order valence-electron chi connectivity index (χ4n) is 5.15. The minimum Gasteiger partial charge on any atom is -0.391 e. The number of alkyl halides is 3. The number of likely N-dealkylation sites (tertiary alicyclic amines) is 1. The average Bonchev–Trinajstić information content (AvgIpc) is 3.63. The average molecular weight is 520 g/mol. The quantitative estimate of drug-likeness (QED) is 0.453. The Balaban J connectivity index is 1.38. The first-order valence-electron chi connectivity index (χ1n) is 12.4. The van der Waals surface area contributed by atoms with Crippen LogP contribution >= 0.6 is 0 Å². The van der Waals surface area contributed by atoms with Gasteiger partial charge in [-0.1, -0.05) is 12.1 Å². The van der Waals surface area contributed by atoms with Crippen LogP contribution < -0.4 is 4.90 Å². The molecule has 1 saturated carbocycles. The van der Waals surface area contributed by atoms with Crippen molar-refractivity contribution in [2.75, 3.05) is 24.5 Å². The second kappa shape index (κ2) is 10.0. The Morgan fingerprint density at radius 1 is 1.16 bits per heavy atom. The maximum absolute atomic E-state index is 15.3. The number of fused-ring (bicyclic) bond motifs is 1. The van der Waals surface area contributed by atoms with Gasteiger partial charge >= 0.3 is 6.18 Å². The topological polar surface area (TPSA) is 74.5 Å². The molecule has 1 aliphatic carbocycles. The third-order valence-electron chi connectivity index (χ3n) is 7.16. The number of aromatic nitrogens is 3. The van der Waals surface area contributed by atoms with Crippen LogP contribution in [0, 0.1) is 11.7 Å². The molecule has 2 aliphatic rings. The first-order chi connectivity index (χ1) is 17.6. The van der Waals surface area contributed by atoms with Gasteiger partial charge in [-0.3, -0.25) is 9.69 Å². The van der Waals surface area contributed by atoms with E-state index in [2.05, 4.69) is 9.97 Å². The van der Waals surface area contributed by atoms with Crippen molar-refractivity contribution in [1.82, 2.24) is 19.4 Å². The molecule has 2 atom stereocenters. The molecule has 198 valence electrons. The first kappa shape index (κ1) is 25.6. The van der Waals surface area contributed by atoms with Gasteiger partial charge in [-0.05, 0) is 50.4 Å². The Hall–Kier alpha value is -3.05. The molecule has 0 spiro atoms. The molecule has 37 heavy (non-hydrogen) atoms. The zero-order chi connectivity index (χ0) is 26.3. The van der Waals surface area contributed by atoms with Crippen molar-refractivity contribution in [2.24, 2.45) is 5.92 Å². The van der Waals surface area contributed by atoms with Gasteiger partial charge in [0.05, 0.1) is 23.6 Å². The lowest BCUT2D eigenvalue weighted by atomic mass is 9.93. The van der Waals surface area contributed by atoms with Crippen molar-refractivity contribution < 1.29 is 27.5 Å². The van der Waals surface area contributed by atoms with Crippen LogP contribution in [-0.4, -0.2) is 62.1 Å². The van der Waals surface area contributed by atoms with Crippen molar-refractivity contribution in [3.8, 4) is 0 Å². The molecular formula is C26H29F4N5O2. The Kier molecular flexibility index (Phi) is 6.93. The number of anilines is 1. The van der Waals surface area contributed by atoms with Crippen LogP contribution in [0.5, 0.6) is 0 Å². The van der Waals surface area contributed by atoms with Crippen LogP contribution in [0.1, 0.15) is 37.3 Å². The number of hydrogen-bond acceptors (Lipinski definition) is 6. The van der Waals surface area contributed by atoms with Crippen molar-refractivity contribution in [1.29, 1.82) is 0 Å². The molecule has 7 nitrogen and oxygen atoms in total. The molecule has 2 fully saturated rings. The summed E-state index contributed by atoms with van der Waals surface area (Å²) in [6.07, 6.45) is 0.131. The molecule has 1 aliphatic heterocycles. The number of carbonyl (C=O) groups excluding carboxylic acids is 1. The van der Waals surface area contributed by atoms with Gasteiger partial charge in [-0.15, -0.1) is 0 Å². The van der Waals surface area contributed by atoms with E-state index in [9.17, 15) is 23.1 Å². The fourth-order valence-corrected chi connectivity index (χ4v) is 5.15. The van der Waals surface area contributed by atoms with Gasteiger partial charge in [0.1, 0.15) is 23.6 Å². The highest BCUT2D eigenvalue weighted by atomic mass is 19.4. The van der Waals surface area contributed by atoms with Gasteiger partial charge in [0, 0.05) is 37.8 Å². The molecule has 3 aromatic rings. The number of carbonyl (C=O) groups is 1. The summed E-state index contributed by atoms with van der Waals surface area (Å²) in [6.45, 7) is 3.55. The number of rotatable bonds is 8. The molecule has 11 heteroatoms. The molecule has 0 bridgehead atoms. The third kappa shape index (κ3) is 5.62.